The Labute approximate surface area is 115 Å². The van der Waals surface area contributed by atoms with Gasteiger partial charge in [0.25, 0.3) is 0 Å². The summed E-state index contributed by atoms with van der Waals surface area (Å²) in [6.07, 6.45) is 1.57. The van der Waals surface area contributed by atoms with E-state index in [0.717, 1.165) is 12.8 Å². The third-order valence-electron chi connectivity index (χ3n) is 3.01. The van der Waals surface area contributed by atoms with Crippen molar-refractivity contribution in [2.75, 3.05) is 19.8 Å². The van der Waals surface area contributed by atoms with Crippen molar-refractivity contribution in [3.63, 3.8) is 0 Å². The first-order chi connectivity index (χ1) is 8.27. The average molecular weight is 279 g/mol. The van der Waals surface area contributed by atoms with Crippen molar-refractivity contribution >= 4 is 17.7 Å². The maximum absolute atomic E-state index is 11.1. The number of carbonyl (C=O) groups is 1. The lowest BCUT2D eigenvalue weighted by atomic mass is 9.99. The summed E-state index contributed by atoms with van der Waals surface area (Å²) in [5.74, 6) is 5.01. The van der Waals surface area contributed by atoms with Crippen molar-refractivity contribution in [3.8, 4) is 0 Å². The van der Waals surface area contributed by atoms with Gasteiger partial charge in [-0.3, -0.25) is 4.79 Å². The van der Waals surface area contributed by atoms with Crippen LogP contribution in [-0.2, 0) is 19.1 Å². The molecule has 5 nitrogen and oxygen atoms in total. The summed E-state index contributed by atoms with van der Waals surface area (Å²) in [7, 11) is 0. The molecule has 0 aliphatic carbocycles. The first-order valence-corrected chi connectivity index (χ1v) is 6.55. The summed E-state index contributed by atoms with van der Waals surface area (Å²) in [6, 6.07) is 0. The second-order valence-corrected chi connectivity index (χ2v) is 5.34. The zero-order chi connectivity index (χ0) is 14.2. The van der Waals surface area contributed by atoms with Gasteiger partial charge in [-0.2, -0.15) is 0 Å². The first kappa shape index (κ1) is 17.9. The molecule has 0 aromatic heterocycles. The van der Waals surface area contributed by atoms with Crippen LogP contribution in [0.15, 0.2) is 0 Å². The van der Waals surface area contributed by atoms with Crippen LogP contribution in [0.25, 0.3) is 0 Å². The lowest BCUT2D eigenvalue weighted by molar-refractivity contribution is -0.136. The third-order valence-corrected chi connectivity index (χ3v) is 3.55. The molecule has 1 unspecified atom stereocenters. The van der Waals surface area contributed by atoms with Gasteiger partial charge in [0.05, 0.1) is 25.4 Å². The molecule has 0 amide bonds. The number of hydrogen-bond acceptors (Lipinski definition) is 5. The summed E-state index contributed by atoms with van der Waals surface area (Å²) in [5.41, 5.74) is -1.16. The highest BCUT2D eigenvalue weighted by atomic mass is 32.1. The number of rotatable bonds is 10. The van der Waals surface area contributed by atoms with Crippen molar-refractivity contribution in [1.29, 1.82) is 0 Å². The van der Waals surface area contributed by atoms with Gasteiger partial charge in [0.1, 0.15) is 5.60 Å². The summed E-state index contributed by atoms with van der Waals surface area (Å²) in [6.45, 7) is 8.62. The molecular weight excluding hydrogens is 254 g/mol. The van der Waals surface area contributed by atoms with Gasteiger partial charge in [0.2, 0.25) is 5.12 Å². The molecule has 2 N–H and O–H groups in total. The monoisotopic (exact) mass is 279 g/mol. The quantitative estimate of drug-likeness (QED) is 0.362. The predicted octanol–water partition coefficient (Wildman–Crippen LogP) is 1.70. The van der Waals surface area contributed by atoms with Gasteiger partial charge >= 0.3 is 0 Å². The Morgan fingerprint density at radius 3 is 2.17 bits per heavy atom. The largest absolute Gasteiger partial charge is 0.373 e. The standard InChI is InChI=1S/C12H25NO4S/c1-5-12(4,6-7-17-13)16-9-8-15-11(2,3)10(14)18/h5-9,13H2,1-4H3,(H,14,18). The Morgan fingerprint density at radius 2 is 1.72 bits per heavy atom. The Kier molecular flexibility index (Phi) is 8.05. The fourth-order valence-electron chi connectivity index (χ4n) is 1.27. The molecule has 0 rings (SSSR count). The van der Waals surface area contributed by atoms with Crippen LogP contribution >= 0.6 is 12.6 Å². The fourth-order valence-corrected chi connectivity index (χ4v) is 1.34. The van der Waals surface area contributed by atoms with E-state index in [0.29, 0.717) is 19.8 Å². The topological polar surface area (TPSA) is 70.8 Å². The third kappa shape index (κ3) is 6.70. The van der Waals surface area contributed by atoms with E-state index < -0.39 is 5.60 Å². The molecule has 0 aromatic carbocycles. The van der Waals surface area contributed by atoms with E-state index in [-0.39, 0.29) is 10.7 Å². The second kappa shape index (κ2) is 8.12. The highest BCUT2D eigenvalue weighted by Crippen LogP contribution is 2.20. The molecule has 18 heavy (non-hydrogen) atoms. The minimum atomic E-state index is -0.880. The number of nitrogens with two attached hydrogens (primary N) is 1. The van der Waals surface area contributed by atoms with Crippen LogP contribution in [-0.4, -0.2) is 36.1 Å². The van der Waals surface area contributed by atoms with Crippen LogP contribution in [0.4, 0.5) is 0 Å². The number of thiol groups is 1. The fraction of sp³-hybridized carbons (Fsp3) is 0.917. The summed E-state index contributed by atoms with van der Waals surface area (Å²) >= 11 is 3.77. The Hall–Kier alpha value is -0.140. The van der Waals surface area contributed by atoms with E-state index in [1.807, 2.05) is 13.8 Å². The second-order valence-electron chi connectivity index (χ2n) is 4.94. The van der Waals surface area contributed by atoms with Gasteiger partial charge in [-0.1, -0.05) is 6.92 Å². The minimum Gasteiger partial charge on any atom is -0.373 e. The molecule has 1 atom stereocenters. The maximum Gasteiger partial charge on any atom is 0.217 e. The van der Waals surface area contributed by atoms with E-state index in [4.69, 9.17) is 15.4 Å². The van der Waals surface area contributed by atoms with Gasteiger partial charge in [0.15, 0.2) is 0 Å². The van der Waals surface area contributed by atoms with Gasteiger partial charge < -0.3 is 14.3 Å². The van der Waals surface area contributed by atoms with Crippen LogP contribution in [0, 0.1) is 0 Å². The molecule has 0 aliphatic rings. The molecule has 0 saturated carbocycles. The van der Waals surface area contributed by atoms with E-state index in [1.165, 1.54) is 0 Å². The number of ether oxygens (including phenoxy) is 2. The first-order valence-electron chi connectivity index (χ1n) is 6.10. The molecule has 0 aliphatic heterocycles. The predicted molar refractivity (Wildman–Crippen MR) is 73.4 cm³/mol. The zero-order valence-corrected chi connectivity index (χ0v) is 12.6. The highest BCUT2D eigenvalue weighted by molar-refractivity contribution is 7.96. The molecule has 0 spiro atoms. The molecular formula is C12H25NO4S. The molecule has 108 valence electrons. The van der Waals surface area contributed by atoms with E-state index in [1.54, 1.807) is 13.8 Å². The van der Waals surface area contributed by atoms with Crippen LogP contribution in [0.1, 0.15) is 40.5 Å². The van der Waals surface area contributed by atoms with Crippen LogP contribution < -0.4 is 5.90 Å². The lowest BCUT2D eigenvalue weighted by Gasteiger charge is -2.29. The zero-order valence-electron chi connectivity index (χ0n) is 11.7. The van der Waals surface area contributed by atoms with Gasteiger partial charge in [0, 0.05) is 6.42 Å². The highest BCUT2D eigenvalue weighted by Gasteiger charge is 2.26. The molecule has 0 heterocycles. The van der Waals surface area contributed by atoms with Crippen LogP contribution in [0.2, 0.25) is 0 Å². The van der Waals surface area contributed by atoms with E-state index in [2.05, 4.69) is 17.5 Å². The maximum atomic E-state index is 11.1. The van der Waals surface area contributed by atoms with Crippen molar-refractivity contribution in [2.24, 2.45) is 5.90 Å². The average Bonchev–Trinajstić information content (AvgIpc) is 2.32. The summed E-state index contributed by atoms with van der Waals surface area (Å²) in [5, 5.41) is -0.294. The molecule has 0 fully saturated rings. The molecule has 0 bridgehead atoms. The molecule has 0 aromatic rings. The molecule has 0 radical (unpaired) electrons. The summed E-state index contributed by atoms with van der Waals surface area (Å²) < 4.78 is 11.2. The van der Waals surface area contributed by atoms with E-state index >= 15 is 0 Å². The van der Waals surface area contributed by atoms with Crippen LogP contribution in [0.5, 0.6) is 0 Å². The SMILES string of the molecule is CCC(C)(CCON)OCCOC(C)(C)C(=O)S. The van der Waals surface area contributed by atoms with Crippen molar-refractivity contribution in [3.05, 3.63) is 0 Å². The minimum absolute atomic E-state index is 0.280. The Morgan fingerprint density at radius 1 is 1.17 bits per heavy atom. The van der Waals surface area contributed by atoms with Crippen molar-refractivity contribution in [2.45, 2.75) is 51.7 Å². The normalized spacial score (nSPS) is 15.4. The Bertz CT molecular complexity index is 260. The molecule has 6 heteroatoms. The van der Waals surface area contributed by atoms with Gasteiger partial charge in [-0.25, -0.2) is 5.90 Å². The van der Waals surface area contributed by atoms with Crippen molar-refractivity contribution < 1.29 is 19.1 Å². The van der Waals surface area contributed by atoms with Gasteiger partial charge in [-0.05, 0) is 27.2 Å². The number of hydrogen-bond donors (Lipinski definition) is 2. The van der Waals surface area contributed by atoms with Crippen molar-refractivity contribution in [1.82, 2.24) is 0 Å². The van der Waals surface area contributed by atoms with Gasteiger partial charge in [-0.15, -0.1) is 12.6 Å². The summed E-state index contributed by atoms with van der Waals surface area (Å²) in [4.78, 5) is 15.7. The van der Waals surface area contributed by atoms with E-state index in [9.17, 15) is 4.79 Å². The Balaban J connectivity index is 3.98. The smallest absolute Gasteiger partial charge is 0.217 e. The lowest BCUT2D eigenvalue weighted by Crippen LogP contribution is -2.35. The van der Waals surface area contributed by atoms with Crippen LogP contribution in [0.3, 0.4) is 0 Å². The number of carbonyl (C=O) groups excluding carboxylic acids is 1. The molecule has 0 saturated heterocycles.